The van der Waals surface area contributed by atoms with Crippen molar-refractivity contribution in [1.29, 1.82) is 0 Å². The van der Waals surface area contributed by atoms with Crippen LogP contribution in [0, 0.1) is 11.8 Å². The summed E-state index contributed by atoms with van der Waals surface area (Å²) < 4.78 is 18.2. The fourth-order valence-electron chi connectivity index (χ4n) is 5.14. The van der Waals surface area contributed by atoms with Crippen molar-refractivity contribution in [3.8, 4) is 0 Å². The highest BCUT2D eigenvalue weighted by atomic mass is 28.4. The zero-order valence-electron chi connectivity index (χ0n) is 17.7. The molecule has 2 aliphatic rings. The Kier molecular flexibility index (Phi) is 7.14. The van der Waals surface area contributed by atoms with Crippen LogP contribution in [0.25, 0.3) is 0 Å². The summed E-state index contributed by atoms with van der Waals surface area (Å²) in [6.07, 6.45) is 6.15. The molecule has 0 saturated heterocycles. The molecule has 1 saturated carbocycles. The minimum atomic E-state index is -2.01. The Balaban J connectivity index is 2.28. The van der Waals surface area contributed by atoms with E-state index in [-0.39, 0.29) is 36.6 Å². The van der Waals surface area contributed by atoms with Gasteiger partial charge in [0.2, 0.25) is 8.32 Å². The highest BCUT2D eigenvalue weighted by molar-refractivity contribution is 6.77. The molecule has 2 rings (SSSR count). The van der Waals surface area contributed by atoms with E-state index in [2.05, 4.69) is 54.7 Å². The molecular formula is C22H36O4Si. The lowest BCUT2D eigenvalue weighted by Crippen LogP contribution is -2.51. The second-order valence-electron chi connectivity index (χ2n) is 8.72. The average molecular weight is 393 g/mol. The van der Waals surface area contributed by atoms with Crippen molar-refractivity contribution >= 4 is 14.3 Å². The lowest BCUT2D eigenvalue weighted by Gasteiger charge is -2.45. The number of esters is 1. The molecule has 1 aliphatic heterocycles. The van der Waals surface area contributed by atoms with Gasteiger partial charge in [0.1, 0.15) is 18.5 Å². The van der Waals surface area contributed by atoms with Gasteiger partial charge < -0.3 is 13.9 Å². The van der Waals surface area contributed by atoms with Crippen molar-refractivity contribution < 1.29 is 18.7 Å². The fraction of sp³-hybridized carbons (Fsp3) is 0.682. The Morgan fingerprint density at radius 1 is 1.11 bits per heavy atom. The summed E-state index contributed by atoms with van der Waals surface area (Å²) in [6, 6.07) is 0. The van der Waals surface area contributed by atoms with E-state index in [1.807, 2.05) is 12.2 Å². The molecule has 0 radical (unpaired) electrons. The first-order valence-electron chi connectivity index (χ1n) is 10.1. The smallest absolute Gasteiger partial charge is 0.334 e. The van der Waals surface area contributed by atoms with Crippen LogP contribution in [0.1, 0.15) is 48.0 Å². The molecule has 0 bridgehead atoms. The minimum absolute atomic E-state index is 0.0627. The van der Waals surface area contributed by atoms with Gasteiger partial charge in [-0.05, 0) is 23.0 Å². The molecule has 0 aromatic heterocycles. The average Bonchev–Trinajstić information content (AvgIpc) is 3.14. The van der Waals surface area contributed by atoms with Crippen LogP contribution in [0.15, 0.2) is 37.1 Å². The molecule has 0 amide bonds. The molecule has 5 heteroatoms. The number of ether oxygens (including phenoxy) is 2. The van der Waals surface area contributed by atoms with Crippen molar-refractivity contribution in [3.05, 3.63) is 37.1 Å². The van der Waals surface area contributed by atoms with Crippen molar-refractivity contribution in [2.45, 2.75) is 76.8 Å². The van der Waals surface area contributed by atoms with Gasteiger partial charge in [-0.1, -0.05) is 53.7 Å². The quantitative estimate of drug-likeness (QED) is 0.300. The van der Waals surface area contributed by atoms with Crippen LogP contribution >= 0.6 is 0 Å². The topological polar surface area (TPSA) is 44.8 Å². The highest BCUT2D eigenvalue weighted by Crippen LogP contribution is 2.47. The van der Waals surface area contributed by atoms with Gasteiger partial charge in [0.25, 0.3) is 0 Å². The first kappa shape index (κ1) is 22.0. The maximum atomic E-state index is 11.4. The Labute approximate surface area is 165 Å². The third-order valence-corrected chi connectivity index (χ3v) is 12.4. The van der Waals surface area contributed by atoms with Crippen LogP contribution in [0.5, 0.6) is 0 Å². The molecule has 1 aliphatic carbocycles. The van der Waals surface area contributed by atoms with Gasteiger partial charge in [-0.25, -0.2) is 4.79 Å². The maximum absolute atomic E-state index is 11.4. The number of hydrogen-bond donors (Lipinski definition) is 0. The standard InChI is InChI=1S/C22H36O4Si/c1-9-17-11-20(26-27(14(3)4,15(5)6)16(7)8)19(10-2)22(17)25-18-12-21(23)24-13-18/h9-10,12,14-17,19-20,22H,1-2,11,13H2,3-8H3/t17-,19+,20-,22-/m0/s1. The van der Waals surface area contributed by atoms with Gasteiger partial charge in [0.05, 0.1) is 12.2 Å². The summed E-state index contributed by atoms with van der Waals surface area (Å²) in [4.78, 5) is 11.4. The number of carbonyl (C=O) groups excluding carboxylic acids is 1. The van der Waals surface area contributed by atoms with Gasteiger partial charge >= 0.3 is 5.97 Å². The molecule has 0 aromatic rings. The van der Waals surface area contributed by atoms with E-state index in [9.17, 15) is 4.79 Å². The van der Waals surface area contributed by atoms with E-state index in [0.29, 0.717) is 22.4 Å². The predicted octanol–water partition coefficient (Wildman–Crippen LogP) is 5.38. The van der Waals surface area contributed by atoms with E-state index in [1.54, 1.807) is 0 Å². The molecule has 0 spiro atoms. The molecule has 1 fully saturated rings. The summed E-state index contributed by atoms with van der Waals surface area (Å²) in [5, 5.41) is 0. The molecular weight excluding hydrogens is 356 g/mol. The van der Waals surface area contributed by atoms with Crippen LogP contribution in [-0.4, -0.2) is 33.1 Å². The van der Waals surface area contributed by atoms with E-state index < -0.39 is 8.32 Å². The van der Waals surface area contributed by atoms with Gasteiger partial charge in [-0.15, -0.1) is 13.2 Å². The Morgan fingerprint density at radius 3 is 2.11 bits per heavy atom. The monoisotopic (exact) mass is 392 g/mol. The summed E-state index contributed by atoms with van der Waals surface area (Å²) in [5.74, 6) is 0.469. The Bertz CT molecular complexity index is 571. The Morgan fingerprint density at radius 2 is 1.70 bits per heavy atom. The van der Waals surface area contributed by atoms with E-state index in [0.717, 1.165) is 6.42 Å². The maximum Gasteiger partial charge on any atom is 0.334 e. The zero-order valence-corrected chi connectivity index (χ0v) is 18.7. The van der Waals surface area contributed by atoms with Crippen LogP contribution in [0.4, 0.5) is 0 Å². The summed E-state index contributed by atoms with van der Waals surface area (Å²) in [7, 11) is -2.01. The molecule has 4 nitrogen and oxygen atoms in total. The van der Waals surface area contributed by atoms with Crippen LogP contribution < -0.4 is 0 Å². The van der Waals surface area contributed by atoms with Crippen molar-refractivity contribution in [2.75, 3.05) is 6.61 Å². The number of cyclic esters (lactones) is 1. The van der Waals surface area contributed by atoms with Crippen LogP contribution in [0.2, 0.25) is 16.6 Å². The van der Waals surface area contributed by atoms with Gasteiger partial charge in [0.15, 0.2) is 0 Å². The van der Waals surface area contributed by atoms with Crippen molar-refractivity contribution in [2.24, 2.45) is 11.8 Å². The van der Waals surface area contributed by atoms with Crippen LogP contribution in [-0.2, 0) is 18.7 Å². The summed E-state index contributed by atoms with van der Waals surface area (Å²) in [6.45, 7) is 22.1. The van der Waals surface area contributed by atoms with E-state index in [1.165, 1.54) is 6.08 Å². The van der Waals surface area contributed by atoms with E-state index >= 15 is 0 Å². The molecule has 27 heavy (non-hydrogen) atoms. The van der Waals surface area contributed by atoms with Gasteiger partial charge in [0, 0.05) is 11.8 Å². The fourth-order valence-corrected chi connectivity index (χ4v) is 10.7. The van der Waals surface area contributed by atoms with E-state index in [4.69, 9.17) is 13.9 Å². The van der Waals surface area contributed by atoms with Crippen molar-refractivity contribution in [3.63, 3.8) is 0 Å². The van der Waals surface area contributed by atoms with Gasteiger partial charge in [-0.2, -0.15) is 0 Å². The largest absolute Gasteiger partial charge is 0.490 e. The molecule has 0 aromatic carbocycles. The molecule has 0 unspecified atom stereocenters. The molecule has 4 atom stereocenters. The third-order valence-electron chi connectivity index (χ3n) is 6.30. The molecule has 0 N–H and O–H groups in total. The van der Waals surface area contributed by atoms with Crippen molar-refractivity contribution in [1.82, 2.24) is 0 Å². The molecule has 1 heterocycles. The number of hydrogen-bond acceptors (Lipinski definition) is 4. The Hall–Kier alpha value is -1.33. The lowest BCUT2D eigenvalue weighted by atomic mass is 10.00. The zero-order chi connectivity index (χ0) is 20.4. The highest BCUT2D eigenvalue weighted by Gasteiger charge is 2.51. The number of rotatable bonds is 9. The van der Waals surface area contributed by atoms with Gasteiger partial charge in [-0.3, -0.25) is 0 Å². The lowest BCUT2D eigenvalue weighted by molar-refractivity contribution is -0.135. The first-order chi connectivity index (χ1) is 12.7. The summed E-state index contributed by atoms with van der Waals surface area (Å²) >= 11 is 0. The predicted molar refractivity (Wildman–Crippen MR) is 112 cm³/mol. The number of carbonyl (C=O) groups is 1. The second kappa shape index (κ2) is 8.78. The van der Waals surface area contributed by atoms with Crippen LogP contribution in [0.3, 0.4) is 0 Å². The molecule has 152 valence electrons. The SMILES string of the molecule is C=C[C@H]1[C@@H](OC2=CC(=O)OC2)[C@@H](C=C)C[C@@H]1O[Si](C(C)C)(C(C)C)C(C)C. The normalized spacial score (nSPS) is 28.6. The minimum Gasteiger partial charge on any atom is -0.490 e. The third kappa shape index (κ3) is 4.24. The first-order valence-corrected chi connectivity index (χ1v) is 12.3. The summed E-state index contributed by atoms with van der Waals surface area (Å²) in [5.41, 5.74) is 1.57. The second-order valence-corrected chi connectivity index (χ2v) is 14.1.